The Morgan fingerprint density at radius 3 is 1.34 bits per heavy atom. The number of amides is 4. The summed E-state index contributed by atoms with van der Waals surface area (Å²) in [5.74, 6) is 0.362. The van der Waals surface area contributed by atoms with Crippen LogP contribution in [-0.4, -0.2) is 148 Å². The van der Waals surface area contributed by atoms with Crippen LogP contribution in [-0.2, 0) is 0 Å². The quantitative estimate of drug-likeness (QED) is 0.244. The lowest BCUT2D eigenvalue weighted by Gasteiger charge is -2.27. The molecule has 16 heteroatoms. The van der Waals surface area contributed by atoms with Gasteiger partial charge in [0.15, 0.2) is 5.76 Å². The van der Waals surface area contributed by atoms with Gasteiger partial charge < -0.3 is 45.3 Å². The first-order chi connectivity index (χ1) is 27.3. The normalized spacial score (nSPS) is 16.9. The molecule has 0 bridgehead atoms. The molecule has 0 atom stereocenters. The molecule has 2 aromatic carbocycles. The van der Waals surface area contributed by atoms with E-state index in [4.69, 9.17) is 16.0 Å². The molecular formula is C40H50ClFN8O5S. The van der Waals surface area contributed by atoms with Crippen molar-refractivity contribution in [3.63, 3.8) is 0 Å². The van der Waals surface area contributed by atoms with Crippen molar-refractivity contribution in [2.75, 3.05) is 105 Å². The molecule has 4 aliphatic rings. The molecule has 0 unspecified atom stereocenters. The van der Waals surface area contributed by atoms with Crippen LogP contribution < -0.4 is 21.3 Å². The second kappa shape index (κ2) is 22.8. The average Bonchev–Trinajstić information content (AvgIpc) is 4.02. The Balaban J connectivity index is 0.000000143. The van der Waals surface area contributed by atoms with Crippen LogP contribution in [0.25, 0.3) is 0 Å². The van der Waals surface area contributed by atoms with E-state index in [9.17, 15) is 23.6 Å². The molecule has 2 aromatic heterocycles. The van der Waals surface area contributed by atoms with E-state index in [1.54, 1.807) is 46.2 Å². The molecule has 8 rings (SSSR count). The fourth-order valence-electron chi connectivity index (χ4n) is 6.13. The zero-order valence-electron chi connectivity index (χ0n) is 31.4. The minimum Gasteiger partial charge on any atom is -0.459 e. The zero-order valence-corrected chi connectivity index (χ0v) is 33.0. The highest BCUT2D eigenvalue weighted by Crippen LogP contribution is 2.13. The maximum atomic E-state index is 12.7. The Morgan fingerprint density at radius 1 is 0.536 bits per heavy atom. The summed E-state index contributed by atoms with van der Waals surface area (Å²) in [4.78, 5) is 55.5. The molecule has 6 heterocycles. The van der Waals surface area contributed by atoms with Crippen LogP contribution in [0.3, 0.4) is 0 Å². The molecule has 4 saturated heterocycles. The lowest BCUT2D eigenvalue weighted by Crippen LogP contribution is -2.46. The van der Waals surface area contributed by atoms with Crippen molar-refractivity contribution < 1.29 is 28.0 Å². The van der Waals surface area contributed by atoms with E-state index in [-0.39, 0.29) is 29.4 Å². The van der Waals surface area contributed by atoms with E-state index in [1.165, 1.54) is 41.9 Å². The molecule has 13 nitrogen and oxygen atoms in total. The minimum absolute atomic E-state index is 0.00787. The molecule has 0 radical (unpaired) electrons. The van der Waals surface area contributed by atoms with Crippen LogP contribution in [0.2, 0.25) is 5.02 Å². The molecule has 0 spiro atoms. The van der Waals surface area contributed by atoms with Gasteiger partial charge in [0.05, 0.1) is 11.1 Å². The van der Waals surface area contributed by atoms with Crippen molar-refractivity contribution in [1.82, 2.24) is 40.9 Å². The molecular weight excluding hydrogens is 759 g/mol. The number of rotatable bonds is 4. The maximum absolute atomic E-state index is 12.7. The van der Waals surface area contributed by atoms with E-state index in [0.717, 1.165) is 110 Å². The number of nitrogens with zero attached hydrogens (tertiary/aromatic N) is 4. The SMILES string of the molecule is O=C(c1ccc(Cl)cc1)N1CCNCC1.O=C(c1ccc(F)cc1)N1CCNCC1.O=C(c1ccco1)N1CCNCC1.O=C(c1cccs1)N1CCNCC1. The van der Waals surface area contributed by atoms with Crippen LogP contribution in [0.5, 0.6) is 0 Å². The van der Waals surface area contributed by atoms with Gasteiger partial charge in [-0.1, -0.05) is 17.7 Å². The monoisotopic (exact) mass is 808 g/mol. The van der Waals surface area contributed by atoms with Crippen LogP contribution in [0.15, 0.2) is 88.9 Å². The molecule has 4 fully saturated rings. The fraction of sp³-hybridized carbons (Fsp3) is 0.400. The predicted octanol–water partition coefficient (Wildman–Crippen LogP) is 3.38. The highest BCUT2D eigenvalue weighted by molar-refractivity contribution is 7.12. The van der Waals surface area contributed by atoms with Gasteiger partial charge in [-0.05, 0) is 72.1 Å². The number of thiophene rings is 1. The summed E-state index contributed by atoms with van der Waals surface area (Å²) in [7, 11) is 0. The third-order valence-electron chi connectivity index (χ3n) is 9.26. The Labute approximate surface area is 336 Å². The van der Waals surface area contributed by atoms with Gasteiger partial charge in [-0.25, -0.2) is 4.39 Å². The van der Waals surface area contributed by atoms with E-state index in [2.05, 4.69) is 21.3 Å². The molecule has 300 valence electrons. The molecule has 4 aromatic rings. The molecule has 0 aliphatic carbocycles. The second-order valence-corrected chi connectivity index (χ2v) is 14.5. The minimum atomic E-state index is -0.313. The Kier molecular flexibility index (Phi) is 17.3. The van der Waals surface area contributed by atoms with E-state index in [1.807, 2.05) is 27.3 Å². The summed E-state index contributed by atoms with van der Waals surface area (Å²) in [6, 6.07) is 20.0. The first kappa shape index (κ1) is 42.5. The summed E-state index contributed by atoms with van der Waals surface area (Å²) in [6.45, 7) is 13.1. The number of carbonyl (C=O) groups excluding carboxylic acids is 4. The van der Waals surface area contributed by atoms with Crippen molar-refractivity contribution in [3.8, 4) is 0 Å². The lowest BCUT2D eigenvalue weighted by molar-refractivity contribution is 0.0701. The van der Waals surface area contributed by atoms with E-state index < -0.39 is 0 Å². The van der Waals surface area contributed by atoms with Gasteiger partial charge in [0, 0.05) is 121 Å². The first-order valence-corrected chi connectivity index (χ1v) is 20.1. The number of carbonyl (C=O) groups is 4. The van der Waals surface area contributed by atoms with Crippen LogP contribution in [0, 0.1) is 5.82 Å². The van der Waals surface area contributed by atoms with Gasteiger partial charge in [0.25, 0.3) is 23.6 Å². The Hall–Kier alpha value is -4.64. The highest BCUT2D eigenvalue weighted by Gasteiger charge is 2.21. The van der Waals surface area contributed by atoms with Crippen LogP contribution in [0.1, 0.15) is 40.9 Å². The zero-order chi connectivity index (χ0) is 39.5. The molecule has 56 heavy (non-hydrogen) atoms. The van der Waals surface area contributed by atoms with E-state index in [0.29, 0.717) is 21.9 Å². The number of piperazine rings is 4. The summed E-state index contributed by atoms with van der Waals surface area (Å²) in [6.07, 6.45) is 1.52. The summed E-state index contributed by atoms with van der Waals surface area (Å²) < 4.78 is 17.7. The summed E-state index contributed by atoms with van der Waals surface area (Å²) in [5, 5.41) is 15.4. The third kappa shape index (κ3) is 13.2. The average molecular weight is 809 g/mol. The molecule has 0 saturated carbocycles. The largest absolute Gasteiger partial charge is 0.459 e. The molecule has 4 amide bonds. The topological polar surface area (TPSA) is 142 Å². The predicted molar refractivity (Wildman–Crippen MR) is 216 cm³/mol. The highest BCUT2D eigenvalue weighted by atomic mass is 35.5. The third-order valence-corrected chi connectivity index (χ3v) is 10.4. The molecule has 4 N–H and O–H groups in total. The van der Waals surface area contributed by atoms with Crippen LogP contribution >= 0.6 is 22.9 Å². The van der Waals surface area contributed by atoms with Gasteiger partial charge in [0.1, 0.15) is 5.82 Å². The van der Waals surface area contributed by atoms with Crippen molar-refractivity contribution in [2.24, 2.45) is 0 Å². The number of halogens is 2. The van der Waals surface area contributed by atoms with Gasteiger partial charge in [-0.15, -0.1) is 11.3 Å². The molecule has 4 aliphatic heterocycles. The first-order valence-electron chi connectivity index (χ1n) is 18.9. The van der Waals surface area contributed by atoms with Gasteiger partial charge in [-0.3, -0.25) is 19.2 Å². The lowest BCUT2D eigenvalue weighted by atomic mass is 10.2. The number of hydrogen-bond acceptors (Lipinski definition) is 10. The summed E-state index contributed by atoms with van der Waals surface area (Å²) in [5.41, 5.74) is 1.26. The smallest absolute Gasteiger partial charge is 0.289 e. The van der Waals surface area contributed by atoms with Gasteiger partial charge in [0.2, 0.25) is 0 Å². The van der Waals surface area contributed by atoms with Crippen LogP contribution in [0.4, 0.5) is 4.39 Å². The van der Waals surface area contributed by atoms with Crippen molar-refractivity contribution in [2.45, 2.75) is 0 Å². The Morgan fingerprint density at radius 2 is 0.946 bits per heavy atom. The van der Waals surface area contributed by atoms with Crippen molar-refractivity contribution in [1.29, 1.82) is 0 Å². The maximum Gasteiger partial charge on any atom is 0.289 e. The number of furan rings is 1. The standard InChI is InChI=1S/C11H13ClN2O.C11H13FN2O.C9H12N2O2.C9H12N2OS/c2*12-10-3-1-9(2-4-10)11(15)14-7-5-13-6-8-14;2*12-9(8-2-1-7-13-8)11-5-3-10-4-6-11/h2*1-4,13H,5-8H2;2*1-2,7,10H,3-6H2. The van der Waals surface area contributed by atoms with E-state index >= 15 is 0 Å². The van der Waals surface area contributed by atoms with Crippen molar-refractivity contribution >= 4 is 46.6 Å². The fourth-order valence-corrected chi connectivity index (χ4v) is 6.95. The van der Waals surface area contributed by atoms with Gasteiger partial charge >= 0.3 is 0 Å². The second-order valence-electron chi connectivity index (χ2n) is 13.1. The van der Waals surface area contributed by atoms with Gasteiger partial charge in [-0.2, -0.15) is 0 Å². The Bertz CT molecular complexity index is 1640. The van der Waals surface area contributed by atoms with Crippen molar-refractivity contribution in [3.05, 3.63) is 117 Å². The number of nitrogens with one attached hydrogen (secondary N) is 4. The summed E-state index contributed by atoms with van der Waals surface area (Å²) >= 11 is 7.28. The number of hydrogen-bond donors (Lipinski definition) is 4. The number of benzene rings is 2.